The van der Waals surface area contributed by atoms with E-state index in [-0.39, 0.29) is 5.91 Å². The Kier molecular flexibility index (Phi) is 4.60. The first kappa shape index (κ1) is 14.6. The van der Waals surface area contributed by atoms with Crippen LogP contribution in [-0.2, 0) is 4.79 Å². The highest BCUT2D eigenvalue weighted by molar-refractivity contribution is 5.95. The smallest absolute Gasteiger partial charge is 0.306 e. The molecule has 3 N–H and O–H groups in total. The Bertz CT molecular complexity index is 626. The highest BCUT2D eigenvalue weighted by Crippen LogP contribution is 2.14. The average Bonchev–Trinajstić information content (AvgIpc) is 3.01. The number of hydrogen-bond donors (Lipinski definition) is 3. The van der Waals surface area contributed by atoms with Crippen molar-refractivity contribution < 1.29 is 14.7 Å². The highest BCUT2D eigenvalue weighted by atomic mass is 16.4. The second kappa shape index (κ2) is 6.60. The molecule has 1 atom stereocenters. The third kappa shape index (κ3) is 3.85. The highest BCUT2D eigenvalue weighted by Gasteiger charge is 2.12. The van der Waals surface area contributed by atoms with Gasteiger partial charge in [0, 0.05) is 17.7 Å². The SMILES string of the molecule is CC(CCNC(=O)c1cccc(-c2nn[nH]n2)c1)C(=O)O. The summed E-state index contributed by atoms with van der Waals surface area (Å²) >= 11 is 0. The summed E-state index contributed by atoms with van der Waals surface area (Å²) in [6.07, 6.45) is 0.381. The Labute approximate surface area is 120 Å². The molecular formula is C13H15N5O3. The number of carboxylic acids is 1. The van der Waals surface area contributed by atoms with Crippen LogP contribution in [0.25, 0.3) is 11.4 Å². The molecule has 8 heteroatoms. The molecule has 0 saturated heterocycles. The van der Waals surface area contributed by atoms with E-state index >= 15 is 0 Å². The summed E-state index contributed by atoms with van der Waals surface area (Å²) in [4.78, 5) is 22.7. The zero-order chi connectivity index (χ0) is 15.2. The number of nitrogens with zero attached hydrogens (tertiary/aromatic N) is 3. The van der Waals surface area contributed by atoms with Gasteiger partial charge in [-0.15, -0.1) is 10.2 Å². The van der Waals surface area contributed by atoms with Crippen LogP contribution in [0, 0.1) is 5.92 Å². The van der Waals surface area contributed by atoms with Crippen molar-refractivity contribution in [3.63, 3.8) is 0 Å². The summed E-state index contributed by atoms with van der Waals surface area (Å²) in [6, 6.07) is 6.81. The molecule has 1 unspecified atom stereocenters. The molecule has 8 nitrogen and oxygen atoms in total. The summed E-state index contributed by atoms with van der Waals surface area (Å²) in [5, 5.41) is 25.0. The van der Waals surface area contributed by atoms with E-state index in [2.05, 4.69) is 25.9 Å². The second-order valence-electron chi connectivity index (χ2n) is 4.60. The number of aliphatic carboxylic acids is 1. The van der Waals surface area contributed by atoms with Gasteiger partial charge in [-0.2, -0.15) is 5.21 Å². The van der Waals surface area contributed by atoms with E-state index in [0.29, 0.717) is 29.9 Å². The Morgan fingerprint density at radius 2 is 2.24 bits per heavy atom. The Balaban J connectivity index is 1.97. The minimum absolute atomic E-state index is 0.266. The molecule has 0 radical (unpaired) electrons. The number of H-pyrrole nitrogens is 1. The van der Waals surface area contributed by atoms with E-state index in [0.717, 1.165) is 0 Å². The van der Waals surface area contributed by atoms with Gasteiger partial charge in [0.25, 0.3) is 5.91 Å². The number of amides is 1. The molecule has 1 aromatic carbocycles. The first-order valence-electron chi connectivity index (χ1n) is 6.43. The van der Waals surface area contributed by atoms with Crippen LogP contribution in [0.4, 0.5) is 0 Å². The molecular weight excluding hydrogens is 274 g/mol. The van der Waals surface area contributed by atoms with E-state index in [4.69, 9.17) is 5.11 Å². The summed E-state index contributed by atoms with van der Waals surface area (Å²) in [5.74, 6) is -1.22. The second-order valence-corrected chi connectivity index (χ2v) is 4.60. The number of benzene rings is 1. The summed E-state index contributed by atoms with van der Waals surface area (Å²) < 4.78 is 0. The molecule has 0 bridgehead atoms. The summed E-state index contributed by atoms with van der Waals surface area (Å²) in [5.41, 5.74) is 1.13. The van der Waals surface area contributed by atoms with E-state index in [1.54, 1.807) is 31.2 Å². The van der Waals surface area contributed by atoms with Crippen molar-refractivity contribution in [2.45, 2.75) is 13.3 Å². The number of carbonyl (C=O) groups excluding carboxylic acids is 1. The Morgan fingerprint density at radius 3 is 2.90 bits per heavy atom. The van der Waals surface area contributed by atoms with Crippen LogP contribution in [0.3, 0.4) is 0 Å². The third-order valence-corrected chi connectivity index (χ3v) is 3.01. The van der Waals surface area contributed by atoms with E-state index in [9.17, 15) is 9.59 Å². The third-order valence-electron chi connectivity index (χ3n) is 3.01. The van der Waals surface area contributed by atoms with E-state index < -0.39 is 11.9 Å². The summed E-state index contributed by atoms with van der Waals surface area (Å²) in [7, 11) is 0. The van der Waals surface area contributed by atoms with Gasteiger partial charge in [-0.1, -0.05) is 19.1 Å². The normalized spacial score (nSPS) is 11.9. The zero-order valence-corrected chi connectivity index (χ0v) is 11.4. The number of carboxylic acid groups (broad SMARTS) is 1. The van der Waals surface area contributed by atoms with Crippen LogP contribution in [-0.4, -0.2) is 44.2 Å². The van der Waals surface area contributed by atoms with Gasteiger partial charge in [0.15, 0.2) is 0 Å². The number of aromatic nitrogens is 4. The number of aromatic amines is 1. The standard InChI is InChI=1S/C13H15N5O3/c1-8(13(20)21)5-6-14-12(19)10-4-2-3-9(7-10)11-15-17-18-16-11/h2-4,7-8H,5-6H2,1H3,(H,14,19)(H,20,21)(H,15,16,17,18). The average molecular weight is 289 g/mol. The van der Waals surface area contributed by atoms with E-state index in [1.165, 1.54) is 0 Å². The molecule has 2 rings (SSSR count). The van der Waals surface area contributed by atoms with Gasteiger partial charge in [-0.25, -0.2) is 0 Å². The molecule has 0 aliphatic rings. The first-order valence-corrected chi connectivity index (χ1v) is 6.43. The van der Waals surface area contributed by atoms with Crippen LogP contribution in [0.15, 0.2) is 24.3 Å². The fourth-order valence-electron chi connectivity index (χ4n) is 1.71. The topological polar surface area (TPSA) is 121 Å². The quantitative estimate of drug-likeness (QED) is 0.720. The van der Waals surface area contributed by atoms with Crippen LogP contribution in [0.1, 0.15) is 23.7 Å². The van der Waals surface area contributed by atoms with Crippen molar-refractivity contribution in [2.75, 3.05) is 6.54 Å². The molecule has 0 aliphatic heterocycles. The van der Waals surface area contributed by atoms with Crippen LogP contribution >= 0.6 is 0 Å². The molecule has 0 spiro atoms. The van der Waals surface area contributed by atoms with Gasteiger partial charge in [0.2, 0.25) is 5.82 Å². The molecule has 1 aromatic heterocycles. The predicted octanol–water partition coefficient (Wildman–Crippen LogP) is 0.707. The lowest BCUT2D eigenvalue weighted by Crippen LogP contribution is -2.27. The fraction of sp³-hybridized carbons (Fsp3) is 0.308. The number of tetrazole rings is 1. The molecule has 1 amide bonds. The molecule has 0 aliphatic carbocycles. The number of carbonyl (C=O) groups is 2. The van der Waals surface area contributed by atoms with Gasteiger partial charge >= 0.3 is 5.97 Å². The lowest BCUT2D eigenvalue weighted by Gasteiger charge is -2.08. The van der Waals surface area contributed by atoms with Gasteiger partial charge < -0.3 is 10.4 Å². The molecule has 21 heavy (non-hydrogen) atoms. The number of nitrogens with one attached hydrogen (secondary N) is 2. The van der Waals surface area contributed by atoms with Crippen molar-refractivity contribution in [1.29, 1.82) is 0 Å². The summed E-state index contributed by atoms with van der Waals surface area (Å²) in [6.45, 7) is 1.91. The largest absolute Gasteiger partial charge is 0.481 e. The van der Waals surface area contributed by atoms with E-state index in [1.807, 2.05) is 0 Å². The number of hydrogen-bond acceptors (Lipinski definition) is 5. The maximum atomic E-state index is 12.0. The van der Waals surface area contributed by atoms with Crippen molar-refractivity contribution in [3.05, 3.63) is 29.8 Å². The monoisotopic (exact) mass is 289 g/mol. The van der Waals surface area contributed by atoms with Crippen LogP contribution in [0.2, 0.25) is 0 Å². The lowest BCUT2D eigenvalue weighted by molar-refractivity contribution is -0.141. The Hall–Kier alpha value is -2.77. The van der Waals surface area contributed by atoms with Gasteiger partial charge in [-0.3, -0.25) is 9.59 Å². The minimum atomic E-state index is -0.872. The van der Waals surface area contributed by atoms with Gasteiger partial charge in [0.1, 0.15) is 0 Å². The van der Waals surface area contributed by atoms with Crippen molar-refractivity contribution in [1.82, 2.24) is 25.9 Å². The number of rotatable bonds is 6. The van der Waals surface area contributed by atoms with Crippen molar-refractivity contribution >= 4 is 11.9 Å². The van der Waals surface area contributed by atoms with Gasteiger partial charge in [0.05, 0.1) is 5.92 Å². The minimum Gasteiger partial charge on any atom is -0.481 e. The fourth-order valence-corrected chi connectivity index (χ4v) is 1.71. The molecule has 0 saturated carbocycles. The maximum Gasteiger partial charge on any atom is 0.306 e. The Morgan fingerprint density at radius 1 is 1.43 bits per heavy atom. The molecule has 0 fully saturated rings. The zero-order valence-electron chi connectivity index (χ0n) is 11.4. The molecule has 1 heterocycles. The van der Waals surface area contributed by atoms with Gasteiger partial charge in [-0.05, 0) is 23.8 Å². The van der Waals surface area contributed by atoms with Crippen LogP contribution in [0.5, 0.6) is 0 Å². The van der Waals surface area contributed by atoms with Crippen molar-refractivity contribution in [3.8, 4) is 11.4 Å². The molecule has 2 aromatic rings. The predicted molar refractivity (Wildman–Crippen MR) is 73.4 cm³/mol. The van der Waals surface area contributed by atoms with Crippen LogP contribution < -0.4 is 5.32 Å². The lowest BCUT2D eigenvalue weighted by atomic mass is 10.1. The first-order chi connectivity index (χ1) is 10.1. The maximum absolute atomic E-state index is 12.0. The molecule has 110 valence electrons. The van der Waals surface area contributed by atoms with Crippen molar-refractivity contribution in [2.24, 2.45) is 5.92 Å².